The van der Waals surface area contributed by atoms with E-state index in [-0.39, 0.29) is 18.0 Å². The summed E-state index contributed by atoms with van der Waals surface area (Å²) >= 11 is 1.29. The minimum atomic E-state index is -0.445. The van der Waals surface area contributed by atoms with Gasteiger partial charge >= 0.3 is 0 Å². The number of aromatic nitrogens is 3. The fourth-order valence-corrected chi connectivity index (χ4v) is 3.68. The summed E-state index contributed by atoms with van der Waals surface area (Å²) < 4.78 is 10.7. The van der Waals surface area contributed by atoms with Crippen molar-refractivity contribution in [2.75, 3.05) is 12.1 Å². The zero-order chi connectivity index (χ0) is 19.1. The number of carbonyl (C=O) groups is 1. The van der Waals surface area contributed by atoms with Gasteiger partial charge in [0, 0.05) is 16.3 Å². The molecule has 0 atom stereocenters. The molecule has 9 heteroatoms. The molecule has 0 saturated carbocycles. The quantitative estimate of drug-likeness (QED) is 0.555. The van der Waals surface area contributed by atoms with Crippen LogP contribution in [0.1, 0.15) is 10.5 Å². The van der Waals surface area contributed by atoms with Gasteiger partial charge in [-0.15, -0.1) is 11.3 Å². The molecule has 2 aromatic carbocycles. The molecule has 0 unspecified atom stereocenters. The zero-order valence-electron chi connectivity index (χ0n) is 14.3. The van der Waals surface area contributed by atoms with Crippen molar-refractivity contribution in [3.8, 4) is 22.8 Å². The molecule has 1 aliphatic rings. The Labute approximate surface area is 161 Å². The molecule has 2 N–H and O–H groups in total. The van der Waals surface area contributed by atoms with Crippen molar-refractivity contribution in [3.05, 3.63) is 63.9 Å². The highest BCUT2D eigenvalue weighted by atomic mass is 32.1. The first-order valence-corrected chi connectivity index (χ1v) is 9.21. The number of anilines is 1. The van der Waals surface area contributed by atoms with E-state index in [4.69, 9.17) is 9.47 Å². The highest BCUT2D eigenvalue weighted by Crippen LogP contribution is 2.36. The molecule has 0 spiro atoms. The molecule has 8 nitrogen and oxygen atoms in total. The van der Waals surface area contributed by atoms with Crippen LogP contribution in [0.25, 0.3) is 22.0 Å². The third-order valence-electron chi connectivity index (χ3n) is 4.30. The third kappa shape index (κ3) is 2.78. The number of benzene rings is 2. The summed E-state index contributed by atoms with van der Waals surface area (Å²) in [6, 6.07) is 12.4. The van der Waals surface area contributed by atoms with Gasteiger partial charge in [-0.05, 0) is 24.3 Å². The number of H-pyrrole nitrogens is 1. The van der Waals surface area contributed by atoms with Gasteiger partial charge in [-0.1, -0.05) is 18.2 Å². The fourth-order valence-electron chi connectivity index (χ4n) is 2.96. The van der Waals surface area contributed by atoms with Crippen LogP contribution in [0.2, 0.25) is 0 Å². The van der Waals surface area contributed by atoms with Crippen molar-refractivity contribution >= 4 is 33.1 Å². The third-order valence-corrected chi connectivity index (χ3v) is 5.06. The number of carbonyl (C=O) groups excluding carboxylic acids is 1. The Morgan fingerprint density at radius 1 is 1.11 bits per heavy atom. The predicted octanol–water partition coefficient (Wildman–Crippen LogP) is 3.03. The molecule has 5 rings (SSSR count). The molecule has 1 amide bonds. The van der Waals surface area contributed by atoms with Crippen LogP contribution in [0.15, 0.2) is 52.6 Å². The lowest BCUT2D eigenvalue weighted by molar-refractivity contribution is 0.102. The minimum absolute atomic E-state index is 0.134. The van der Waals surface area contributed by atoms with E-state index in [0.717, 1.165) is 5.56 Å². The number of hydrogen-bond donors (Lipinski definition) is 2. The van der Waals surface area contributed by atoms with Crippen LogP contribution < -0.4 is 20.3 Å². The van der Waals surface area contributed by atoms with Gasteiger partial charge in [-0.25, -0.2) is 10.1 Å². The van der Waals surface area contributed by atoms with Crippen molar-refractivity contribution in [2.24, 2.45) is 0 Å². The van der Waals surface area contributed by atoms with Crippen molar-refractivity contribution in [1.82, 2.24) is 15.2 Å². The molecule has 2 aromatic heterocycles. The second-order valence-electron chi connectivity index (χ2n) is 6.01. The summed E-state index contributed by atoms with van der Waals surface area (Å²) in [6.07, 6.45) is 0. The van der Waals surface area contributed by atoms with Crippen molar-refractivity contribution in [3.63, 3.8) is 0 Å². The molecule has 1 aliphatic heterocycles. The lowest BCUT2D eigenvalue weighted by Crippen LogP contribution is -2.19. The molecule has 28 heavy (non-hydrogen) atoms. The summed E-state index contributed by atoms with van der Waals surface area (Å²) in [5, 5.41) is 12.2. The number of hydrogen-bond acceptors (Lipinski definition) is 7. The maximum absolute atomic E-state index is 12.7. The molecule has 0 radical (unpaired) electrons. The smallest absolute Gasteiger partial charge is 0.278 e. The van der Waals surface area contributed by atoms with Gasteiger partial charge in [0.25, 0.3) is 11.5 Å². The van der Waals surface area contributed by atoms with E-state index >= 15 is 0 Å². The summed E-state index contributed by atoms with van der Waals surface area (Å²) in [4.78, 5) is 29.0. The SMILES string of the molecule is O=C(Nc1nc(-c2ccc3c(c2)OCO3)cs1)c1n[nH]c(=O)c2ccccc12. The first-order valence-electron chi connectivity index (χ1n) is 8.33. The molecule has 0 aliphatic carbocycles. The summed E-state index contributed by atoms with van der Waals surface area (Å²) in [5.41, 5.74) is 1.35. The fraction of sp³-hybridized carbons (Fsp3) is 0.0526. The van der Waals surface area contributed by atoms with Gasteiger partial charge in [-0.2, -0.15) is 5.10 Å². The van der Waals surface area contributed by atoms with E-state index in [9.17, 15) is 9.59 Å². The maximum atomic E-state index is 12.7. The molecule has 0 saturated heterocycles. The predicted molar refractivity (Wildman–Crippen MR) is 104 cm³/mol. The number of amides is 1. The number of nitrogens with one attached hydrogen (secondary N) is 2. The van der Waals surface area contributed by atoms with Crippen LogP contribution in [0.5, 0.6) is 11.5 Å². The van der Waals surface area contributed by atoms with Gasteiger partial charge < -0.3 is 9.47 Å². The Hall–Kier alpha value is -3.72. The summed E-state index contributed by atoms with van der Waals surface area (Å²) in [7, 11) is 0. The lowest BCUT2D eigenvalue weighted by atomic mass is 10.1. The molecular weight excluding hydrogens is 380 g/mol. The normalized spacial score (nSPS) is 12.3. The second kappa shape index (κ2) is 6.46. The van der Waals surface area contributed by atoms with E-state index in [1.165, 1.54) is 11.3 Å². The average Bonchev–Trinajstić information content (AvgIpc) is 3.37. The Bertz CT molecular complexity index is 1280. The topological polar surface area (TPSA) is 106 Å². The highest BCUT2D eigenvalue weighted by molar-refractivity contribution is 7.14. The second-order valence-corrected chi connectivity index (χ2v) is 6.87. The summed E-state index contributed by atoms with van der Waals surface area (Å²) in [6.45, 7) is 0.206. The van der Waals surface area contributed by atoms with Gasteiger partial charge in [0.15, 0.2) is 22.3 Å². The number of rotatable bonds is 3. The Balaban J connectivity index is 1.43. The van der Waals surface area contributed by atoms with Crippen LogP contribution in [0.4, 0.5) is 5.13 Å². The van der Waals surface area contributed by atoms with Gasteiger partial charge in [0.05, 0.1) is 11.1 Å². The van der Waals surface area contributed by atoms with Crippen LogP contribution in [-0.4, -0.2) is 27.9 Å². The molecular formula is C19H12N4O4S. The largest absolute Gasteiger partial charge is 0.454 e. The van der Waals surface area contributed by atoms with Crippen molar-refractivity contribution in [1.29, 1.82) is 0 Å². The highest BCUT2D eigenvalue weighted by Gasteiger charge is 2.17. The Morgan fingerprint density at radius 2 is 1.93 bits per heavy atom. The van der Waals surface area contributed by atoms with Crippen LogP contribution in [0.3, 0.4) is 0 Å². The van der Waals surface area contributed by atoms with Crippen LogP contribution in [-0.2, 0) is 0 Å². The molecule has 4 aromatic rings. The molecule has 138 valence electrons. The number of fused-ring (bicyclic) bond motifs is 2. The van der Waals surface area contributed by atoms with Gasteiger partial charge in [-0.3, -0.25) is 14.9 Å². The van der Waals surface area contributed by atoms with E-state index in [1.54, 1.807) is 24.3 Å². The minimum Gasteiger partial charge on any atom is -0.454 e. The first-order chi connectivity index (χ1) is 13.7. The van der Waals surface area contributed by atoms with Crippen LogP contribution in [0, 0.1) is 0 Å². The zero-order valence-corrected chi connectivity index (χ0v) is 15.1. The number of nitrogens with zero attached hydrogens (tertiary/aromatic N) is 2. The summed E-state index contributed by atoms with van der Waals surface area (Å²) in [5.74, 6) is 0.919. The van der Waals surface area contributed by atoms with E-state index in [0.29, 0.717) is 33.1 Å². The lowest BCUT2D eigenvalue weighted by Gasteiger charge is -2.04. The van der Waals surface area contributed by atoms with Crippen molar-refractivity contribution < 1.29 is 14.3 Å². The number of ether oxygens (including phenoxy) is 2. The molecule has 0 fully saturated rings. The molecule has 0 bridgehead atoms. The number of aromatic amines is 1. The average molecular weight is 392 g/mol. The standard InChI is InChI=1S/C19H12N4O4S/c24-17-12-4-2-1-3-11(12)16(22-23-17)18(25)21-19-20-13(8-28-19)10-5-6-14-15(7-10)27-9-26-14/h1-8H,9H2,(H,23,24)(H,20,21,25). The van der Waals surface area contributed by atoms with Gasteiger partial charge in [0.2, 0.25) is 6.79 Å². The maximum Gasteiger partial charge on any atom is 0.278 e. The Kier molecular flexibility index (Phi) is 3.80. The number of thiazole rings is 1. The van der Waals surface area contributed by atoms with E-state index in [2.05, 4.69) is 20.5 Å². The van der Waals surface area contributed by atoms with Crippen molar-refractivity contribution in [2.45, 2.75) is 0 Å². The Morgan fingerprint density at radius 3 is 2.82 bits per heavy atom. The van der Waals surface area contributed by atoms with E-state index < -0.39 is 5.91 Å². The van der Waals surface area contributed by atoms with Crippen LogP contribution >= 0.6 is 11.3 Å². The van der Waals surface area contributed by atoms with E-state index in [1.807, 2.05) is 23.6 Å². The first kappa shape index (κ1) is 16.5. The molecule has 3 heterocycles. The monoisotopic (exact) mass is 392 g/mol. The van der Waals surface area contributed by atoms with Gasteiger partial charge in [0.1, 0.15) is 0 Å².